The van der Waals surface area contributed by atoms with Gasteiger partial charge in [-0.1, -0.05) is 37.7 Å². The van der Waals surface area contributed by atoms with Gasteiger partial charge in [-0.15, -0.1) is 10.2 Å². The number of hydrogen-bond acceptors (Lipinski definition) is 5. The van der Waals surface area contributed by atoms with Crippen LogP contribution in [0.3, 0.4) is 0 Å². The van der Waals surface area contributed by atoms with Gasteiger partial charge >= 0.3 is 0 Å². The predicted octanol–water partition coefficient (Wildman–Crippen LogP) is 3.55. The van der Waals surface area contributed by atoms with Crippen LogP contribution in [0.5, 0.6) is 0 Å². The molecule has 0 spiro atoms. The molecule has 108 valence electrons. The summed E-state index contributed by atoms with van der Waals surface area (Å²) in [6.07, 6.45) is 0.802. The molecule has 2 N–H and O–H groups in total. The zero-order valence-electron chi connectivity index (χ0n) is 11.5. The van der Waals surface area contributed by atoms with Crippen LogP contribution in [0.1, 0.15) is 37.8 Å². The highest BCUT2D eigenvalue weighted by molar-refractivity contribution is 7.98. The molecule has 0 aliphatic rings. The minimum absolute atomic E-state index is 0.231. The molecule has 4 nitrogen and oxygen atoms in total. The van der Waals surface area contributed by atoms with Crippen LogP contribution in [-0.2, 0) is 5.75 Å². The number of benzene rings is 1. The molecule has 1 atom stereocenters. The Morgan fingerprint density at radius 3 is 2.85 bits per heavy atom. The van der Waals surface area contributed by atoms with Crippen molar-refractivity contribution in [2.45, 2.75) is 37.3 Å². The second-order valence-electron chi connectivity index (χ2n) is 5.06. The van der Waals surface area contributed by atoms with Crippen molar-refractivity contribution in [1.82, 2.24) is 10.2 Å². The van der Waals surface area contributed by atoms with Crippen LogP contribution >= 0.6 is 11.8 Å². The van der Waals surface area contributed by atoms with Gasteiger partial charge in [-0.05, 0) is 30.0 Å². The molecule has 0 aliphatic heterocycles. The molecule has 0 saturated heterocycles. The van der Waals surface area contributed by atoms with Crippen molar-refractivity contribution in [3.8, 4) is 0 Å². The van der Waals surface area contributed by atoms with Crippen molar-refractivity contribution in [3.63, 3.8) is 0 Å². The van der Waals surface area contributed by atoms with E-state index < -0.39 is 0 Å². The van der Waals surface area contributed by atoms with E-state index >= 15 is 0 Å². The SMILES string of the molecule is CC(C)CC(N)c1nnc(SCc2cccc(F)c2)o1. The lowest BCUT2D eigenvalue weighted by Gasteiger charge is -2.08. The highest BCUT2D eigenvalue weighted by atomic mass is 32.2. The number of nitrogens with two attached hydrogens (primary N) is 1. The van der Waals surface area contributed by atoms with Crippen LogP contribution in [0, 0.1) is 11.7 Å². The maximum Gasteiger partial charge on any atom is 0.276 e. The molecule has 2 aromatic rings. The summed E-state index contributed by atoms with van der Waals surface area (Å²) in [4.78, 5) is 0. The molecule has 1 aromatic heterocycles. The lowest BCUT2D eigenvalue weighted by molar-refractivity contribution is 0.361. The largest absolute Gasteiger partial charge is 0.414 e. The number of thioether (sulfide) groups is 1. The van der Waals surface area contributed by atoms with Gasteiger partial charge in [0.15, 0.2) is 0 Å². The Hall–Kier alpha value is -1.40. The molecular weight excluding hydrogens is 277 g/mol. The van der Waals surface area contributed by atoms with E-state index in [0.717, 1.165) is 12.0 Å². The van der Waals surface area contributed by atoms with E-state index in [1.807, 2.05) is 6.07 Å². The number of nitrogens with zero attached hydrogens (tertiary/aromatic N) is 2. The van der Waals surface area contributed by atoms with Crippen LogP contribution < -0.4 is 5.73 Å². The van der Waals surface area contributed by atoms with E-state index in [9.17, 15) is 4.39 Å². The average molecular weight is 295 g/mol. The second-order valence-corrected chi connectivity index (χ2v) is 5.99. The van der Waals surface area contributed by atoms with Crippen LogP contribution in [0.4, 0.5) is 4.39 Å². The predicted molar refractivity (Wildman–Crippen MR) is 76.6 cm³/mol. The first-order valence-corrected chi connectivity index (χ1v) is 7.49. The number of rotatable bonds is 6. The molecule has 0 bridgehead atoms. The van der Waals surface area contributed by atoms with Gasteiger partial charge in [0.1, 0.15) is 5.82 Å². The zero-order chi connectivity index (χ0) is 14.5. The smallest absolute Gasteiger partial charge is 0.276 e. The van der Waals surface area contributed by atoms with E-state index in [1.165, 1.54) is 23.9 Å². The quantitative estimate of drug-likeness (QED) is 0.826. The van der Waals surface area contributed by atoms with Crippen LogP contribution in [0.2, 0.25) is 0 Å². The van der Waals surface area contributed by atoms with Gasteiger partial charge in [-0.2, -0.15) is 0 Å². The van der Waals surface area contributed by atoms with Gasteiger partial charge in [0.2, 0.25) is 5.89 Å². The fourth-order valence-corrected chi connectivity index (χ4v) is 2.52. The maximum atomic E-state index is 13.0. The fourth-order valence-electron chi connectivity index (χ4n) is 1.81. The first-order valence-electron chi connectivity index (χ1n) is 6.51. The average Bonchev–Trinajstić information content (AvgIpc) is 2.84. The van der Waals surface area contributed by atoms with Gasteiger partial charge in [-0.3, -0.25) is 0 Å². The molecule has 0 radical (unpaired) electrons. The Kier molecular flexibility index (Phi) is 5.14. The highest BCUT2D eigenvalue weighted by Crippen LogP contribution is 2.25. The third-order valence-corrected chi connectivity index (χ3v) is 3.61. The fraction of sp³-hybridized carbons (Fsp3) is 0.429. The van der Waals surface area contributed by atoms with Gasteiger partial charge in [0.25, 0.3) is 5.22 Å². The highest BCUT2D eigenvalue weighted by Gasteiger charge is 2.16. The summed E-state index contributed by atoms with van der Waals surface area (Å²) in [5.41, 5.74) is 6.86. The Morgan fingerprint density at radius 1 is 1.35 bits per heavy atom. The standard InChI is InChI=1S/C14H18FN3OS/c1-9(2)6-12(16)13-17-18-14(19-13)20-8-10-4-3-5-11(15)7-10/h3-5,7,9,12H,6,8,16H2,1-2H3. The summed E-state index contributed by atoms with van der Waals surface area (Å²) < 4.78 is 18.6. The summed E-state index contributed by atoms with van der Waals surface area (Å²) in [6.45, 7) is 4.19. The van der Waals surface area contributed by atoms with Crippen molar-refractivity contribution in [2.24, 2.45) is 11.7 Å². The molecule has 2 rings (SSSR count). The minimum Gasteiger partial charge on any atom is -0.414 e. The van der Waals surface area contributed by atoms with Crippen molar-refractivity contribution in [1.29, 1.82) is 0 Å². The number of hydrogen-bond donors (Lipinski definition) is 1. The van der Waals surface area contributed by atoms with Crippen LogP contribution in [0.25, 0.3) is 0 Å². The first-order chi connectivity index (χ1) is 9.54. The van der Waals surface area contributed by atoms with Crippen molar-refractivity contribution >= 4 is 11.8 Å². The van der Waals surface area contributed by atoms with Crippen LogP contribution in [-0.4, -0.2) is 10.2 Å². The van der Waals surface area contributed by atoms with E-state index in [4.69, 9.17) is 10.2 Å². The topological polar surface area (TPSA) is 64.9 Å². The Balaban J connectivity index is 1.93. The minimum atomic E-state index is -0.242. The summed E-state index contributed by atoms with van der Waals surface area (Å²) in [5.74, 6) is 1.27. The molecule has 1 heterocycles. The van der Waals surface area contributed by atoms with Crippen LogP contribution in [0.15, 0.2) is 33.9 Å². The van der Waals surface area contributed by atoms with Gasteiger partial charge in [0.05, 0.1) is 6.04 Å². The molecule has 0 fully saturated rings. The molecule has 20 heavy (non-hydrogen) atoms. The normalized spacial score (nSPS) is 12.8. The Labute approximate surface area is 122 Å². The van der Waals surface area contributed by atoms with E-state index in [1.54, 1.807) is 6.07 Å². The summed E-state index contributed by atoms with van der Waals surface area (Å²) in [7, 11) is 0. The molecule has 1 unspecified atom stereocenters. The molecule has 0 amide bonds. The van der Waals surface area contributed by atoms with Gasteiger partial charge < -0.3 is 10.2 Å². The third kappa shape index (κ3) is 4.31. The summed E-state index contributed by atoms with van der Waals surface area (Å²) in [5, 5.41) is 8.38. The van der Waals surface area contributed by atoms with E-state index in [-0.39, 0.29) is 11.9 Å². The Bertz CT molecular complexity index is 559. The molecule has 6 heteroatoms. The second kappa shape index (κ2) is 6.85. The lowest BCUT2D eigenvalue weighted by atomic mass is 10.1. The number of halogens is 1. The Morgan fingerprint density at radius 2 is 2.15 bits per heavy atom. The zero-order valence-corrected chi connectivity index (χ0v) is 12.4. The van der Waals surface area contributed by atoms with E-state index in [0.29, 0.717) is 22.8 Å². The summed E-state index contributed by atoms with van der Waals surface area (Å²) in [6, 6.07) is 6.23. The third-order valence-electron chi connectivity index (χ3n) is 2.72. The van der Waals surface area contributed by atoms with Crippen molar-refractivity contribution in [3.05, 3.63) is 41.5 Å². The monoisotopic (exact) mass is 295 g/mol. The van der Waals surface area contributed by atoms with Crippen molar-refractivity contribution < 1.29 is 8.81 Å². The van der Waals surface area contributed by atoms with E-state index in [2.05, 4.69) is 24.0 Å². The van der Waals surface area contributed by atoms with Gasteiger partial charge in [-0.25, -0.2) is 4.39 Å². The number of aromatic nitrogens is 2. The first kappa shape index (κ1) is 15.0. The molecule has 1 aromatic carbocycles. The molecule has 0 saturated carbocycles. The van der Waals surface area contributed by atoms with Gasteiger partial charge in [0, 0.05) is 5.75 Å². The maximum absolute atomic E-state index is 13.0. The lowest BCUT2D eigenvalue weighted by Crippen LogP contribution is -2.13. The molecule has 0 aliphatic carbocycles. The van der Waals surface area contributed by atoms with Crippen molar-refractivity contribution in [2.75, 3.05) is 0 Å². The summed E-state index contributed by atoms with van der Waals surface area (Å²) >= 11 is 1.38. The molecular formula is C14H18FN3OS.